The summed E-state index contributed by atoms with van der Waals surface area (Å²) in [7, 11) is 0. The van der Waals surface area contributed by atoms with E-state index < -0.39 is 5.97 Å². The number of hydrogen-bond donors (Lipinski definition) is 1. The number of carboxylic acid groups (broad SMARTS) is 1. The van der Waals surface area contributed by atoms with Crippen molar-refractivity contribution in [2.75, 3.05) is 13.1 Å². The molecule has 0 atom stereocenters. The van der Waals surface area contributed by atoms with Crippen molar-refractivity contribution in [3.05, 3.63) is 65.0 Å². The first-order chi connectivity index (χ1) is 13.8. The summed E-state index contributed by atoms with van der Waals surface area (Å²) in [4.78, 5) is 41.8. The van der Waals surface area contributed by atoms with Crippen LogP contribution in [0.5, 0.6) is 0 Å². The minimum atomic E-state index is -1.12. The summed E-state index contributed by atoms with van der Waals surface area (Å²) in [5.74, 6) is -0.670. The third kappa shape index (κ3) is 5.08. The normalized spacial score (nSPS) is 14.8. The number of carboxylic acids is 1. The van der Waals surface area contributed by atoms with Crippen molar-refractivity contribution in [1.82, 2.24) is 9.88 Å². The number of rotatable bonds is 6. The van der Waals surface area contributed by atoms with Crippen molar-refractivity contribution in [2.45, 2.75) is 33.1 Å². The van der Waals surface area contributed by atoms with Crippen molar-refractivity contribution in [3.63, 3.8) is 0 Å². The Morgan fingerprint density at radius 1 is 1.03 bits per heavy atom. The lowest BCUT2D eigenvalue weighted by atomic mass is 9.88. The molecule has 6 nitrogen and oxygen atoms in total. The number of carbonyl (C=O) groups is 3. The third-order valence-electron chi connectivity index (χ3n) is 5.26. The number of piperidine rings is 1. The number of nitrogens with zero attached hydrogens (tertiary/aromatic N) is 2. The quantitative estimate of drug-likeness (QED) is 0.755. The van der Waals surface area contributed by atoms with Crippen molar-refractivity contribution in [1.29, 1.82) is 0 Å². The van der Waals surface area contributed by atoms with E-state index in [1.165, 1.54) is 23.9 Å². The van der Waals surface area contributed by atoms with Crippen LogP contribution in [-0.2, 0) is 6.42 Å². The van der Waals surface area contributed by atoms with Gasteiger partial charge >= 0.3 is 5.97 Å². The van der Waals surface area contributed by atoms with Crippen LogP contribution >= 0.6 is 0 Å². The summed E-state index contributed by atoms with van der Waals surface area (Å²) in [6, 6.07) is 10.7. The fraction of sp³-hybridized carbons (Fsp3) is 0.391. The zero-order valence-corrected chi connectivity index (χ0v) is 16.8. The van der Waals surface area contributed by atoms with Crippen LogP contribution in [0.25, 0.3) is 0 Å². The molecule has 1 aromatic heterocycles. The number of aromatic nitrogens is 1. The Labute approximate surface area is 170 Å². The fourth-order valence-electron chi connectivity index (χ4n) is 3.69. The molecule has 0 spiro atoms. The second kappa shape index (κ2) is 8.99. The Balaban J connectivity index is 1.57. The third-order valence-corrected chi connectivity index (χ3v) is 5.26. The largest absolute Gasteiger partial charge is 0.477 e. The summed E-state index contributed by atoms with van der Waals surface area (Å²) in [6.45, 7) is 5.35. The van der Waals surface area contributed by atoms with Crippen molar-refractivity contribution in [2.24, 2.45) is 11.8 Å². The van der Waals surface area contributed by atoms with Gasteiger partial charge in [-0.25, -0.2) is 9.78 Å². The highest BCUT2D eigenvalue weighted by atomic mass is 16.4. The molecular weight excluding hydrogens is 368 g/mol. The van der Waals surface area contributed by atoms with E-state index in [9.17, 15) is 14.4 Å². The second-order valence-electron chi connectivity index (χ2n) is 7.96. The Kier molecular flexibility index (Phi) is 6.42. The first-order valence-corrected chi connectivity index (χ1v) is 9.97. The molecule has 152 valence electrons. The van der Waals surface area contributed by atoms with E-state index in [-0.39, 0.29) is 23.3 Å². The van der Waals surface area contributed by atoms with Crippen LogP contribution in [0.15, 0.2) is 42.6 Å². The molecular formula is C23H26N2O4. The zero-order chi connectivity index (χ0) is 21.0. The van der Waals surface area contributed by atoms with Gasteiger partial charge in [0.25, 0.3) is 5.91 Å². The van der Waals surface area contributed by atoms with E-state index in [0.29, 0.717) is 37.4 Å². The van der Waals surface area contributed by atoms with E-state index in [1.54, 1.807) is 4.90 Å². The lowest BCUT2D eigenvalue weighted by molar-refractivity contribution is 0.0648. The second-order valence-corrected chi connectivity index (χ2v) is 7.96. The molecule has 0 radical (unpaired) electrons. The smallest absolute Gasteiger partial charge is 0.354 e. The molecule has 1 fully saturated rings. The van der Waals surface area contributed by atoms with Crippen LogP contribution in [0, 0.1) is 11.8 Å². The number of amides is 1. The Morgan fingerprint density at radius 2 is 1.66 bits per heavy atom. The van der Waals surface area contributed by atoms with Crippen molar-refractivity contribution < 1.29 is 19.5 Å². The SMILES string of the molecule is CC(C)Cc1ccc(C(=O)C2CCN(C(=O)c3ccc(C(=O)O)nc3)CC2)cc1. The molecule has 2 aromatic rings. The highest BCUT2D eigenvalue weighted by Gasteiger charge is 2.28. The molecule has 0 aliphatic carbocycles. The summed E-state index contributed by atoms with van der Waals surface area (Å²) < 4.78 is 0. The predicted molar refractivity (Wildman–Crippen MR) is 109 cm³/mol. The van der Waals surface area contributed by atoms with Crippen molar-refractivity contribution >= 4 is 17.7 Å². The van der Waals surface area contributed by atoms with Gasteiger partial charge in [-0.3, -0.25) is 9.59 Å². The number of benzene rings is 1. The van der Waals surface area contributed by atoms with Crippen LogP contribution in [0.3, 0.4) is 0 Å². The number of ketones is 1. The maximum atomic E-state index is 12.8. The Hall–Kier alpha value is -3.02. The molecule has 0 saturated carbocycles. The summed E-state index contributed by atoms with van der Waals surface area (Å²) >= 11 is 0. The van der Waals surface area contributed by atoms with Gasteiger partial charge < -0.3 is 10.0 Å². The van der Waals surface area contributed by atoms with Crippen LogP contribution in [-0.4, -0.2) is 45.7 Å². The van der Waals surface area contributed by atoms with Crippen LogP contribution < -0.4 is 0 Å². The maximum absolute atomic E-state index is 12.8. The van der Waals surface area contributed by atoms with Gasteiger partial charge in [-0.1, -0.05) is 38.1 Å². The van der Waals surface area contributed by atoms with Crippen LogP contribution in [0.4, 0.5) is 0 Å². The minimum absolute atomic E-state index is 0.0810. The summed E-state index contributed by atoms with van der Waals surface area (Å²) in [5.41, 5.74) is 2.24. The van der Waals surface area contributed by atoms with E-state index in [4.69, 9.17) is 5.11 Å². The predicted octanol–water partition coefficient (Wildman–Crippen LogP) is 3.71. The van der Waals surface area contributed by atoms with E-state index in [2.05, 4.69) is 18.8 Å². The minimum Gasteiger partial charge on any atom is -0.477 e. The van der Waals surface area contributed by atoms with Gasteiger partial charge in [-0.05, 0) is 42.9 Å². The van der Waals surface area contributed by atoms with E-state index in [0.717, 1.165) is 12.0 Å². The first-order valence-electron chi connectivity index (χ1n) is 9.97. The van der Waals surface area contributed by atoms with Crippen molar-refractivity contribution in [3.8, 4) is 0 Å². The van der Waals surface area contributed by atoms with E-state index in [1.807, 2.05) is 24.3 Å². The lowest BCUT2D eigenvalue weighted by Gasteiger charge is -2.31. The molecule has 1 amide bonds. The number of carbonyl (C=O) groups excluding carboxylic acids is 2. The Bertz CT molecular complexity index is 880. The topological polar surface area (TPSA) is 87.6 Å². The van der Waals surface area contributed by atoms with Gasteiger partial charge in [0.1, 0.15) is 5.69 Å². The zero-order valence-electron chi connectivity index (χ0n) is 16.8. The van der Waals surface area contributed by atoms with Gasteiger partial charge in [0, 0.05) is 30.8 Å². The highest BCUT2D eigenvalue weighted by molar-refractivity contribution is 5.98. The molecule has 1 saturated heterocycles. The van der Waals surface area contributed by atoms with E-state index >= 15 is 0 Å². The molecule has 1 aliphatic heterocycles. The van der Waals surface area contributed by atoms with Gasteiger partial charge in [-0.2, -0.15) is 0 Å². The lowest BCUT2D eigenvalue weighted by Crippen LogP contribution is -2.40. The molecule has 0 unspecified atom stereocenters. The highest BCUT2D eigenvalue weighted by Crippen LogP contribution is 2.23. The molecule has 0 bridgehead atoms. The summed E-state index contributed by atoms with van der Waals surface area (Å²) in [5, 5.41) is 8.90. The Morgan fingerprint density at radius 3 is 2.17 bits per heavy atom. The van der Waals surface area contributed by atoms with Crippen LogP contribution in [0.2, 0.25) is 0 Å². The number of aromatic carboxylic acids is 1. The maximum Gasteiger partial charge on any atom is 0.354 e. The molecule has 1 aliphatic rings. The molecule has 3 rings (SSSR count). The van der Waals surface area contributed by atoms with Gasteiger partial charge in [0.15, 0.2) is 5.78 Å². The average Bonchev–Trinajstić information content (AvgIpc) is 2.73. The average molecular weight is 394 g/mol. The van der Waals surface area contributed by atoms with Crippen LogP contribution in [0.1, 0.15) is 63.5 Å². The number of pyridine rings is 1. The molecule has 29 heavy (non-hydrogen) atoms. The van der Waals surface area contributed by atoms with Gasteiger partial charge in [-0.15, -0.1) is 0 Å². The van der Waals surface area contributed by atoms with Gasteiger partial charge in [0.2, 0.25) is 0 Å². The number of hydrogen-bond acceptors (Lipinski definition) is 4. The molecule has 1 aromatic carbocycles. The van der Waals surface area contributed by atoms with Gasteiger partial charge in [0.05, 0.1) is 5.56 Å². The number of Topliss-reactive ketones (excluding diaryl/α,β-unsaturated/α-hetero) is 1. The first kappa shape index (κ1) is 20.7. The summed E-state index contributed by atoms with van der Waals surface area (Å²) in [6.07, 6.45) is 3.54. The molecule has 6 heteroatoms. The fourth-order valence-corrected chi connectivity index (χ4v) is 3.69. The molecule has 1 N–H and O–H groups in total. The molecule has 2 heterocycles. The number of likely N-dealkylation sites (tertiary alicyclic amines) is 1. The monoisotopic (exact) mass is 394 g/mol. The standard InChI is InChI=1S/C23H26N2O4/c1-15(2)13-16-3-5-17(6-4-16)21(26)18-9-11-25(12-10-18)22(27)19-7-8-20(23(28)29)24-14-19/h3-8,14-15,18H,9-13H2,1-2H3,(H,28,29).